The summed E-state index contributed by atoms with van der Waals surface area (Å²) in [5, 5.41) is 6.25. The minimum Gasteiger partial charge on any atom is -0.495 e. The summed E-state index contributed by atoms with van der Waals surface area (Å²) in [6, 6.07) is 15.8. The topological polar surface area (TPSA) is 69.2 Å². The number of rotatable bonds is 7. The summed E-state index contributed by atoms with van der Waals surface area (Å²) >= 11 is 0. The van der Waals surface area contributed by atoms with Crippen LogP contribution in [0.1, 0.15) is 29.8 Å². The molecule has 1 aliphatic heterocycles. The Balaban J connectivity index is 0.00000363. The quantitative estimate of drug-likeness (QED) is 0.314. The summed E-state index contributed by atoms with van der Waals surface area (Å²) in [6.07, 6.45) is 0. The molecule has 174 valence electrons. The van der Waals surface area contributed by atoms with Crippen molar-refractivity contribution in [2.45, 2.75) is 20.4 Å². The number of piperazine rings is 1. The fourth-order valence-electron chi connectivity index (χ4n) is 3.72. The molecule has 0 aromatic heterocycles. The highest BCUT2D eigenvalue weighted by Gasteiger charge is 2.21. The average molecular weight is 551 g/mol. The van der Waals surface area contributed by atoms with Crippen LogP contribution in [0.15, 0.2) is 53.5 Å². The van der Waals surface area contributed by atoms with Crippen LogP contribution in [-0.4, -0.2) is 63.1 Å². The van der Waals surface area contributed by atoms with E-state index >= 15 is 0 Å². The fraction of sp³-hybridized carbons (Fsp3) is 0.417. The first-order valence-corrected chi connectivity index (χ1v) is 10.9. The third-order valence-corrected chi connectivity index (χ3v) is 5.28. The van der Waals surface area contributed by atoms with E-state index in [1.807, 2.05) is 49.4 Å². The molecule has 1 fully saturated rings. The Hall–Kier alpha value is -2.49. The van der Waals surface area contributed by atoms with Crippen molar-refractivity contribution >= 4 is 41.5 Å². The summed E-state index contributed by atoms with van der Waals surface area (Å²) in [7, 11) is 1.71. The second-order valence-corrected chi connectivity index (χ2v) is 7.38. The van der Waals surface area contributed by atoms with Crippen LogP contribution in [0.4, 0.5) is 5.69 Å². The lowest BCUT2D eigenvalue weighted by Crippen LogP contribution is -2.52. The maximum atomic E-state index is 12.1. The molecule has 1 heterocycles. The molecule has 0 saturated carbocycles. The Morgan fingerprint density at radius 3 is 2.41 bits per heavy atom. The summed E-state index contributed by atoms with van der Waals surface area (Å²) < 4.78 is 5.52. The maximum absolute atomic E-state index is 12.1. The molecule has 0 radical (unpaired) electrons. The zero-order chi connectivity index (χ0) is 22.1. The van der Waals surface area contributed by atoms with E-state index in [4.69, 9.17) is 9.73 Å². The van der Waals surface area contributed by atoms with E-state index in [2.05, 4.69) is 33.4 Å². The van der Waals surface area contributed by atoms with Gasteiger partial charge in [-0.05, 0) is 43.7 Å². The zero-order valence-electron chi connectivity index (χ0n) is 19.1. The van der Waals surface area contributed by atoms with Crippen molar-refractivity contribution in [3.05, 3.63) is 59.7 Å². The SMILES string of the molecule is CCNC(=O)c1cccc(CN=C(NCC)N2CCN(c3ccccc3OC)CC2)c1.I. The molecule has 0 spiro atoms. The van der Waals surface area contributed by atoms with Gasteiger partial charge in [0.1, 0.15) is 5.75 Å². The molecule has 2 N–H and O–H groups in total. The highest BCUT2D eigenvalue weighted by atomic mass is 127. The first-order chi connectivity index (χ1) is 15.2. The lowest BCUT2D eigenvalue weighted by Gasteiger charge is -2.38. The number of nitrogens with one attached hydrogen (secondary N) is 2. The molecule has 7 nitrogen and oxygen atoms in total. The molecule has 2 aromatic carbocycles. The Morgan fingerprint density at radius 1 is 1.00 bits per heavy atom. The van der Waals surface area contributed by atoms with Crippen molar-refractivity contribution in [2.24, 2.45) is 4.99 Å². The number of methoxy groups -OCH3 is 1. The minimum absolute atomic E-state index is 0. The van der Waals surface area contributed by atoms with E-state index in [1.165, 1.54) is 0 Å². The van der Waals surface area contributed by atoms with Gasteiger partial charge in [-0.3, -0.25) is 4.79 Å². The largest absolute Gasteiger partial charge is 0.495 e. The van der Waals surface area contributed by atoms with E-state index in [0.717, 1.165) is 55.7 Å². The molecular weight excluding hydrogens is 517 g/mol. The van der Waals surface area contributed by atoms with E-state index < -0.39 is 0 Å². The third kappa shape index (κ3) is 6.75. The number of nitrogens with zero attached hydrogens (tertiary/aromatic N) is 3. The molecular formula is C24H34IN5O2. The van der Waals surface area contributed by atoms with E-state index in [-0.39, 0.29) is 29.9 Å². The van der Waals surface area contributed by atoms with Crippen molar-refractivity contribution in [1.82, 2.24) is 15.5 Å². The molecule has 1 saturated heterocycles. The molecule has 0 bridgehead atoms. The number of carbonyl (C=O) groups is 1. The van der Waals surface area contributed by atoms with Crippen LogP contribution >= 0.6 is 24.0 Å². The molecule has 1 aliphatic rings. The molecule has 0 atom stereocenters. The Labute approximate surface area is 208 Å². The molecule has 0 unspecified atom stereocenters. The van der Waals surface area contributed by atoms with E-state index in [9.17, 15) is 4.79 Å². The van der Waals surface area contributed by atoms with Crippen LogP contribution in [0.3, 0.4) is 0 Å². The van der Waals surface area contributed by atoms with Crippen LogP contribution < -0.4 is 20.3 Å². The third-order valence-electron chi connectivity index (χ3n) is 5.28. The van der Waals surface area contributed by atoms with Gasteiger partial charge in [0.25, 0.3) is 5.91 Å². The van der Waals surface area contributed by atoms with Gasteiger partial charge in [0, 0.05) is 44.8 Å². The number of hydrogen-bond acceptors (Lipinski definition) is 4. The predicted molar refractivity (Wildman–Crippen MR) is 141 cm³/mol. The van der Waals surface area contributed by atoms with Gasteiger partial charge in [0.2, 0.25) is 0 Å². The van der Waals surface area contributed by atoms with Crippen molar-refractivity contribution in [2.75, 3.05) is 51.3 Å². The second-order valence-electron chi connectivity index (χ2n) is 7.38. The number of ether oxygens (including phenoxy) is 1. The number of benzene rings is 2. The highest BCUT2D eigenvalue weighted by Crippen LogP contribution is 2.28. The molecule has 32 heavy (non-hydrogen) atoms. The van der Waals surface area contributed by atoms with Gasteiger partial charge in [-0.1, -0.05) is 24.3 Å². The van der Waals surface area contributed by atoms with E-state index in [1.54, 1.807) is 7.11 Å². The maximum Gasteiger partial charge on any atom is 0.251 e. The average Bonchev–Trinajstić information content (AvgIpc) is 2.82. The summed E-state index contributed by atoms with van der Waals surface area (Å²) in [5.74, 6) is 1.77. The summed E-state index contributed by atoms with van der Waals surface area (Å²) in [5.41, 5.74) is 2.82. The number of amides is 1. The van der Waals surface area contributed by atoms with Gasteiger partial charge in [0.15, 0.2) is 5.96 Å². The lowest BCUT2D eigenvalue weighted by molar-refractivity contribution is 0.0955. The van der Waals surface area contributed by atoms with Crippen LogP contribution in [0, 0.1) is 0 Å². The van der Waals surface area contributed by atoms with Crippen LogP contribution in [0.5, 0.6) is 5.75 Å². The van der Waals surface area contributed by atoms with E-state index in [0.29, 0.717) is 18.7 Å². The molecule has 2 aromatic rings. The standard InChI is InChI=1S/C24H33N5O2.HI/c1-4-25-23(30)20-10-8-9-19(17-20)18-27-24(26-5-2)29-15-13-28(14-16-29)21-11-6-7-12-22(21)31-3;/h6-12,17H,4-5,13-16,18H2,1-3H3,(H,25,30)(H,26,27);1H. The number of aliphatic imine (C=N–C) groups is 1. The summed E-state index contributed by atoms with van der Waals surface area (Å²) in [6.45, 7) is 9.51. The second kappa shape index (κ2) is 13.1. The van der Waals surface area contributed by atoms with Crippen LogP contribution in [0.2, 0.25) is 0 Å². The Bertz CT molecular complexity index is 897. The van der Waals surface area contributed by atoms with Crippen molar-refractivity contribution in [3.8, 4) is 5.75 Å². The fourth-order valence-corrected chi connectivity index (χ4v) is 3.72. The summed E-state index contributed by atoms with van der Waals surface area (Å²) in [4.78, 5) is 21.6. The first kappa shape index (κ1) is 25.8. The van der Waals surface area contributed by atoms with Gasteiger partial charge in [-0.15, -0.1) is 24.0 Å². The molecule has 1 amide bonds. The Kier molecular flexibility index (Phi) is 10.6. The predicted octanol–water partition coefficient (Wildman–Crippen LogP) is 3.35. The smallest absolute Gasteiger partial charge is 0.251 e. The number of anilines is 1. The van der Waals surface area contributed by atoms with Gasteiger partial charge in [-0.2, -0.15) is 0 Å². The highest BCUT2D eigenvalue weighted by molar-refractivity contribution is 14.0. The van der Waals surface area contributed by atoms with Crippen LogP contribution in [0.25, 0.3) is 0 Å². The zero-order valence-corrected chi connectivity index (χ0v) is 21.5. The monoisotopic (exact) mass is 551 g/mol. The molecule has 3 rings (SSSR count). The number of halogens is 1. The molecule has 8 heteroatoms. The lowest BCUT2D eigenvalue weighted by atomic mass is 10.1. The number of guanidine groups is 1. The van der Waals surface area contributed by atoms with Gasteiger partial charge >= 0.3 is 0 Å². The van der Waals surface area contributed by atoms with Gasteiger partial charge < -0.3 is 25.2 Å². The van der Waals surface area contributed by atoms with Crippen molar-refractivity contribution in [1.29, 1.82) is 0 Å². The van der Waals surface area contributed by atoms with Gasteiger partial charge in [-0.25, -0.2) is 4.99 Å². The number of carbonyl (C=O) groups excluding carboxylic acids is 1. The Morgan fingerprint density at radius 2 is 1.72 bits per heavy atom. The minimum atomic E-state index is -0.0484. The normalized spacial score (nSPS) is 13.9. The number of para-hydroxylation sites is 2. The molecule has 0 aliphatic carbocycles. The van der Waals surface area contributed by atoms with Crippen molar-refractivity contribution in [3.63, 3.8) is 0 Å². The number of hydrogen-bond donors (Lipinski definition) is 2. The van der Waals surface area contributed by atoms with Gasteiger partial charge in [0.05, 0.1) is 19.3 Å². The van der Waals surface area contributed by atoms with Crippen molar-refractivity contribution < 1.29 is 9.53 Å². The first-order valence-electron chi connectivity index (χ1n) is 10.9. The van der Waals surface area contributed by atoms with Crippen LogP contribution in [-0.2, 0) is 6.54 Å².